The molecule has 0 unspecified atom stereocenters. The molecule has 0 bridgehead atoms. The number of anilines is 2. The van der Waals surface area contributed by atoms with Crippen LogP contribution in [0.1, 0.15) is 5.56 Å². The number of fused-ring (bicyclic) bond motifs is 1. The minimum absolute atomic E-state index is 0. The van der Waals surface area contributed by atoms with Gasteiger partial charge < -0.3 is 24.2 Å². The first-order valence-corrected chi connectivity index (χ1v) is 13.1. The van der Waals surface area contributed by atoms with Gasteiger partial charge in [0.1, 0.15) is 11.5 Å². The molecule has 1 aromatic heterocycles. The number of hydrogen-bond acceptors (Lipinski definition) is 8. The van der Waals surface area contributed by atoms with Crippen molar-refractivity contribution >= 4 is 44.9 Å². The first-order chi connectivity index (χ1) is 17.4. The fourth-order valence-corrected chi connectivity index (χ4v) is 5.87. The van der Waals surface area contributed by atoms with Crippen LogP contribution >= 0.6 is 12.4 Å². The van der Waals surface area contributed by atoms with Crippen molar-refractivity contribution in [3.63, 3.8) is 0 Å². The van der Waals surface area contributed by atoms with Crippen molar-refractivity contribution in [3.8, 4) is 22.6 Å². The first kappa shape index (κ1) is 26.6. The predicted molar refractivity (Wildman–Crippen MR) is 147 cm³/mol. The van der Waals surface area contributed by atoms with Crippen LogP contribution in [0, 0.1) is 6.92 Å². The number of halogens is 1. The van der Waals surface area contributed by atoms with Gasteiger partial charge in [0.15, 0.2) is 16.3 Å². The van der Waals surface area contributed by atoms with Gasteiger partial charge in [0, 0.05) is 31.9 Å². The van der Waals surface area contributed by atoms with Gasteiger partial charge in [-0.15, -0.1) is 12.4 Å². The van der Waals surface area contributed by atoms with E-state index in [1.807, 2.05) is 19.1 Å². The zero-order valence-electron chi connectivity index (χ0n) is 20.8. The standard InChI is InChI=1S/C26H28N4O5S.ClH/c1-17-14-21-24(16-20(17)18-6-4-7-19(15-18)30-12-10-27-11-13-30)35-28-26(21)29-36(31,32)25-22(33-2)8-5-9-23(25)34-3;/h4-9,14-16,27H,10-13H2,1-3H3,(H,28,29);1H. The zero-order valence-corrected chi connectivity index (χ0v) is 22.4. The van der Waals surface area contributed by atoms with E-state index < -0.39 is 10.0 Å². The molecule has 0 saturated carbocycles. The van der Waals surface area contributed by atoms with Gasteiger partial charge in [-0.1, -0.05) is 23.4 Å². The van der Waals surface area contributed by atoms with Gasteiger partial charge in [-0.05, 0) is 60.0 Å². The largest absolute Gasteiger partial charge is 0.495 e. The van der Waals surface area contributed by atoms with Gasteiger partial charge in [-0.3, -0.25) is 4.72 Å². The molecule has 0 radical (unpaired) electrons. The van der Waals surface area contributed by atoms with Gasteiger partial charge in [-0.2, -0.15) is 0 Å². The summed E-state index contributed by atoms with van der Waals surface area (Å²) in [7, 11) is -1.28. The number of aryl methyl sites for hydroxylation is 1. The number of nitrogens with one attached hydrogen (secondary N) is 2. The summed E-state index contributed by atoms with van der Waals surface area (Å²) in [5.74, 6) is 0.428. The highest BCUT2D eigenvalue weighted by atomic mass is 35.5. The van der Waals surface area contributed by atoms with Crippen molar-refractivity contribution < 1.29 is 22.4 Å². The molecule has 1 aliphatic rings. The van der Waals surface area contributed by atoms with Crippen molar-refractivity contribution in [2.75, 3.05) is 50.0 Å². The Morgan fingerprint density at radius 1 is 1.00 bits per heavy atom. The van der Waals surface area contributed by atoms with E-state index in [1.165, 1.54) is 19.9 Å². The second kappa shape index (κ2) is 10.9. The Labute approximate surface area is 222 Å². The van der Waals surface area contributed by atoms with Crippen LogP contribution in [-0.2, 0) is 10.0 Å². The average molecular weight is 545 g/mol. The van der Waals surface area contributed by atoms with Crippen LogP contribution in [0.5, 0.6) is 11.5 Å². The Morgan fingerprint density at radius 3 is 2.35 bits per heavy atom. The Bertz CT molecular complexity index is 1490. The molecule has 196 valence electrons. The third kappa shape index (κ3) is 5.18. The third-order valence-corrected chi connectivity index (χ3v) is 7.74. The summed E-state index contributed by atoms with van der Waals surface area (Å²) in [6, 6.07) is 17.0. The summed E-state index contributed by atoms with van der Waals surface area (Å²) < 4.78 is 45.2. The van der Waals surface area contributed by atoms with Crippen LogP contribution in [0.4, 0.5) is 11.5 Å². The maximum Gasteiger partial charge on any atom is 0.270 e. The second-order valence-electron chi connectivity index (χ2n) is 8.58. The molecular weight excluding hydrogens is 516 g/mol. The number of hydrogen-bond donors (Lipinski definition) is 2. The Kier molecular flexibility index (Phi) is 7.82. The van der Waals surface area contributed by atoms with Gasteiger partial charge >= 0.3 is 0 Å². The quantitative estimate of drug-likeness (QED) is 0.351. The normalized spacial score (nSPS) is 13.8. The van der Waals surface area contributed by atoms with E-state index >= 15 is 0 Å². The molecule has 0 atom stereocenters. The zero-order chi connectivity index (χ0) is 25.3. The molecule has 1 fully saturated rings. The molecule has 0 spiro atoms. The topological polar surface area (TPSA) is 106 Å². The highest BCUT2D eigenvalue weighted by Gasteiger charge is 2.27. The number of nitrogens with zero attached hydrogens (tertiary/aromatic N) is 2. The fraction of sp³-hybridized carbons (Fsp3) is 0.269. The Morgan fingerprint density at radius 2 is 1.68 bits per heavy atom. The van der Waals surface area contributed by atoms with Crippen LogP contribution < -0.4 is 24.4 Å². The number of methoxy groups -OCH3 is 2. The predicted octanol–water partition coefficient (Wildman–Crippen LogP) is 4.45. The van der Waals surface area contributed by atoms with Crippen molar-refractivity contribution in [1.82, 2.24) is 10.5 Å². The van der Waals surface area contributed by atoms with Crippen molar-refractivity contribution in [2.24, 2.45) is 0 Å². The lowest BCUT2D eigenvalue weighted by molar-refractivity contribution is 0.373. The van der Waals surface area contributed by atoms with E-state index in [1.54, 1.807) is 18.2 Å². The summed E-state index contributed by atoms with van der Waals surface area (Å²) in [5, 5.41) is 7.96. The monoisotopic (exact) mass is 544 g/mol. The van der Waals surface area contributed by atoms with Crippen LogP contribution in [0.2, 0.25) is 0 Å². The van der Waals surface area contributed by atoms with E-state index in [0.29, 0.717) is 11.0 Å². The lowest BCUT2D eigenvalue weighted by Crippen LogP contribution is -2.43. The molecule has 37 heavy (non-hydrogen) atoms. The number of benzene rings is 3. The summed E-state index contributed by atoms with van der Waals surface area (Å²) in [4.78, 5) is 2.26. The smallest absolute Gasteiger partial charge is 0.270 e. The lowest BCUT2D eigenvalue weighted by Gasteiger charge is -2.29. The van der Waals surface area contributed by atoms with Crippen molar-refractivity contribution in [2.45, 2.75) is 11.8 Å². The molecular formula is C26H29ClN4O5S. The number of sulfonamides is 1. The van der Waals surface area contributed by atoms with Gasteiger partial charge in [-0.25, -0.2) is 8.42 Å². The maximum atomic E-state index is 13.3. The lowest BCUT2D eigenvalue weighted by atomic mass is 9.98. The van der Waals surface area contributed by atoms with Crippen molar-refractivity contribution in [3.05, 3.63) is 60.2 Å². The van der Waals surface area contributed by atoms with E-state index in [2.05, 4.69) is 44.4 Å². The molecule has 2 N–H and O–H groups in total. The first-order valence-electron chi connectivity index (χ1n) is 11.6. The number of piperazine rings is 1. The van der Waals surface area contributed by atoms with Gasteiger partial charge in [0.2, 0.25) is 0 Å². The summed E-state index contributed by atoms with van der Waals surface area (Å²) >= 11 is 0. The Hall–Kier alpha value is -3.47. The average Bonchev–Trinajstić information content (AvgIpc) is 3.28. The second-order valence-corrected chi connectivity index (χ2v) is 10.2. The molecule has 4 aromatic rings. The number of ether oxygens (including phenoxy) is 2. The molecule has 3 aromatic carbocycles. The molecule has 0 aliphatic carbocycles. The molecule has 2 heterocycles. The minimum Gasteiger partial charge on any atom is -0.495 e. The Balaban J connectivity index is 0.00000320. The number of rotatable bonds is 7. The molecule has 1 aliphatic heterocycles. The van der Waals surface area contributed by atoms with E-state index in [0.717, 1.165) is 42.9 Å². The SMILES string of the molecule is COc1cccc(OC)c1S(=O)(=O)Nc1noc2cc(-c3cccc(N4CCNCC4)c3)c(C)cc12.Cl. The van der Waals surface area contributed by atoms with Crippen LogP contribution in [0.15, 0.2) is 64.0 Å². The highest BCUT2D eigenvalue weighted by molar-refractivity contribution is 7.93. The summed E-state index contributed by atoms with van der Waals surface area (Å²) in [6.45, 7) is 5.84. The number of aromatic nitrogens is 1. The summed E-state index contributed by atoms with van der Waals surface area (Å²) in [5.41, 5.74) is 4.68. The molecule has 9 nitrogen and oxygen atoms in total. The maximum absolute atomic E-state index is 13.3. The van der Waals surface area contributed by atoms with E-state index in [4.69, 9.17) is 14.0 Å². The van der Waals surface area contributed by atoms with Crippen LogP contribution in [0.3, 0.4) is 0 Å². The summed E-state index contributed by atoms with van der Waals surface area (Å²) in [6.07, 6.45) is 0. The molecule has 0 amide bonds. The van der Waals surface area contributed by atoms with Crippen molar-refractivity contribution in [1.29, 1.82) is 0 Å². The van der Waals surface area contributed by atoms with Gasteiger partial charge in [0.25, 0.3) is 10.0 Å². The van der Waals surface area contributed by atoms with Gasteiger partial charge in [0.05, 0.1) is 19.6 Å². The van der Waals surface area contributed by atoms with E-state index in [-0.39, 0.29) is 34.6 Å². The van der Waals surface area contributed by atoms with Crippen LogP contribution in [-0.4, -0.2) is 54.0 Å². The fourth-order valence-electron chi connectivity index (χ4n) is 4.53. The molecule has 1 saturated heterocycles. The molecule has 11 heteroatoms. The third-order valence-electron chi connectivity index (χ3n) is 6.34. The van der Waals surface area contributed by atoms with Crippen LogP contribution in [0.25, 0.3) is 22.1 Å². The highest BCUT2D eigenvalue weighted by Crippen LogP contribution is 2.37. The molecule has 5 rings (SSSR count). The minimum atomic E-state index is -4.09. The van der Waals surface area contributed by atoms with E-state index in [9.17, 15) is 8.42 Å².